The summed E-state index contributed by atoms with van der Waals surface area (Å²) in [6.07, 6.45) is 0.937. The number of fused-ring (bicyclic) bond motifs is 1. The second-order valence-electron chi connectivity index (χ2n) is 6.17. The molecule has 0 aliphatic carbocycles. The normalized spacial score (nSPS) is 11.6. The number of nitro groups is 1. The molecule has 0 aliphatic rings. The fraction of sp³-hybridized carbons (Fsp3) is 0.294. The van der Waals surface area contributed by atoms with Crippen LogP contribution in [0.15, 0.2) is 31.5 Å². The lowest BCUT2D eigenvalue weighted by Gasteiger charge is -2.04. The highest BCUT2D eigenvalue weighted by atomic mass is 16.6. The SMILES string of the molecule is CCn1c(=O)n(CC)c2cc([N+](=O)[O-])c(N=Cc3c(O)n(C)c(=O)[nH]c3=O)cc21. The van der Waals surface area contributed by atoms with Crippen LogP contribution in [-0.4, -0.2) is 34.9 Å². The van der Waals surface area contributed by atoms with Gasteiger partial charge < -0.3 is 5.11 Å². The molecule has 29 heavy (non-hydrogen) atoms. The lowest BCUT2D eigenvalue weighted by molar-refractivity contribution is -0.383. The molecule has 2 N–H and O–H groups in total. The average molecular weight is 402 g/mol. The third kappa shape index (κ3) is 3.13. The summed E-state index contributed by atoms with van der Waals surface area (Å²) in [5.74, 6) is -0.631. The number of hydrogen-bond acceptors (Lipinski definition) is 7. The molecule has 0 unspecified atom stereocenters. The molecule has 12 heteroatoms. The molecule has 0 atom stereocenters. The van der Waals surface area contributed by atoms with Crippen LogP contribution < -0.4 is 16.9 Å². The Labute approximate surface area is 162 Å². The van der Waals surface area contributed by atoms with Gasteiger partial charge in [0, 0.05) is 32.4 Å². The first-order valence-electron chi connectivity index (χ1n) is 8.69. The smallest absolute Gasteiger partial charge is 0.330 e. The number of aromatic nitrogens is 4. The minimum Gasteiger partial charge on any atom is -0.494 e. The largest absolute Gasteiger partial charge is 0.494 e. The Morgan fingerprint density at radius 1 is 1.17 bits per heavy atom. The maximum absolute atomic E-state index is 12.5. The summed E-state index contributed by atoms with van der Waals surface area (Å²) in [4.78, 5) is 52.8. The number of H-pyrrole nitrogens is 1. The first-order valence-corrected chi connectivity index (χ1v) is 8.69. The fourth-order valence-electron chi connectivity index (χ4n) is 3.08. The number of aromatic amines is 1. The zero-order valence-corrected chi connectivity index (χ0v) is 15.9. The van der Waals surface area contributed by atoms with E-state index in [1.165, 1.54) is 28.3 Å². The van der Waals surface area contributed by atoms with Crippen molar-refractivity contribution in [1.29, 1.82) is 0 Å². The van der Waals surface area contributed by atoms with E-state index in [1.807, 2.05) is 4.98 Å². The lowest BCUT2D eigenvalue weighted by atomic mass is 10.2. The number of rotatable bonds is 5. The van der Waals surface area contributed by atoms with Gasteiger partial charge in [-0.1, -0.05) is 0 Å². The molecule has 1 aromatic carbocycles. The van der Waals surface area contributed by atoms with Crippen LogP contribution in [0.3, 0.4) is 0 Å². The van der Waals surface area contributed by atoms with Crippen LogP contribution in [0.1, 0.15) is 19.4 Å². The number of benzene rings is 1. The van der Waals surface area contributed by atoms with Gasteiger partial charge >= 0.3 is 11.4 Å². The van der Waals surface area contributed by atoms with Gasteiger partial charge in [0.25, 0.3) is 11.2 Å². The second-order valence-corrected chi connectivity index (χ2v) is 6.17. The van der Waals surface area contributed by atoms with Crippen molar-refractivity contribution in [3.8, 4) is 5.88 Å². The number of aliphatic imine (C=N–C) groups is 1. The molecule has 0 amide bonds. The van der Waals surface area contributed by atoms with Crippen molar-refractivity contribution < 1.29 is 10.0 Å². The van der Waals surface area contributed by atoms with Gasteiger partial charge in [-0.15, -0.1) is 0 Å². The minimum atomic E-state index is -0.888. The Bertz CT molecular complexity index is 1340. The highest BCUT2D eigenvalue weighted by molar-refractivity contribution is 5.89. The van der Waals surface area contributed by atoms with Crippen LogP contribution in [0.2, 0.25) is 0 Å². The minimum absolute atomic E-state index is 0.106. The van der Waals surface area contributed by atoms with Gasteiger partial charge in [-0.25, -0.2) is 14.6 Å². The van der Waals surface area contributed by atoms with Gasteiger partial charge in [-0.2, -0.15) is 0 Å². The summed E-state index contributed by atoms with van der Waals surface area (Å²) in [6, 6.07) is 2.64. The van der Waals surface area contributed by atoms with Crippen molar-refractivity contribution in [3.05, 3.63) is 59.1 Å². The van der Waals surface area contributed by atoms with Crippen LogP contribution in [0.25, 0.3) is 11.0 Å². The van der Waals surface area contributed by atoms with Gasteiger partial charge in [0.2, 0.25) is 5.88 Å². The van der Waals surface area contributed by atoms with E-state index in [-0.39, 0.29) is 22.6 Å². The van der Waals surface area contributed by atoms with E-state index in [4.69, 9.17) is 0 Å². The lowest BCUT2D eigenvalue weighted by Crippen LogP contribution is -2.30. The molecule has 2 aromatic heterocycles. The first-order chi connectivity index (χ1) is 13.7. The molecule has 0 spiro atoms. The molecule has 0 saturated heterocycles. The molecule has 0 fully saturated rings. The van der Waals surface area contributed by atoms with Gasteiger partial charge in [-0.3, -0.25) is 33.6 Å². The Morgan fingerprint density at radius 3 is 2.31 bits per heavy atom. The molecule has 3 rings (SSSR count). The molecule has 0 bridgehead atoms. The van der Waals surface area contributed by atoms with Crippen molar-refractivity contribution in [2.75, 3.05) is 0 Å². The third-order valence-corrected chi connectivity index (χ3v) is 4.61. The number of nitrogens with one attached hydrogen (secondary N) is 1. The van der Waals surface area contributed by atoms with E-state index < -0.39 is 22.1 Å². The van der Waals surface area contributed by atoms with Crippen LogP contribution in [0.4, 0.5) is 11.4 Å². The Balaban J connectivity index is 2.29. The van der Waals surface area contributed by atoms with Crippen molar-refractivity contribution in [2.24, 2.45) is 12.0 Å². The van der Waals surface area contributed by atoms with Crippen molar-refractivity contribution in [2.45, 2.75) is 26.9 Å². The third-order valence-electron chi connectivity index (χ3n) is 4.61. The molecule has 2 heterocycles. The summed E-state index contributed by atoms with van der Waals surface area (Å²) in [5, 5.41) is 21.6. The van der Waals surface area contributed by atoms with E-state index in [0.717, 1.165) is 10.8 Å². The van der Waals surface area contributed by atoms with Gasteiger partial charge in [0.05, 0.1) is 16.0 Å². The molecule has 0 aliphatic heterocycles. The number of hydrogen-bond donors (Lipinski definition) is 2. The van der Waals surface area contributed by atoms with Crippen LogP contribution in [0.5, 0.6) is 5.88 Å². The number of aryl methyl sites for hydroxylation is 2. The van der Waals surface area contributed by atoms with Crippen LogP contribution >= 0.6 is 0 Å². The summed E-state index contributed by atoms with van der Waals surface area (Å²) < 4.78 is 3.68. The Hall–Kier alpha value is -3.96. The van der Waals surface area contributed by atoms with E-state index in [2.05, 4.69) is 4.99 Å². The summed E-state index contributed by atoms with van der Waals surface area (Å²) >= 11 is 0. The molecular weight excluding hydrogens is 384 g/mol. The highest BCUT2D eigenvalue weighted by Crippen LogP contribution is 2.32. The second kappa shape index (κ2) is 7.22. The molecular formula is C17H18N6O6. The monoisotopic (exact) mass is 402 g/mol. The maximum atomic E-state index is 12.5. The van der Waals surface area contributed by atoms with Crippen molar-refractivity contribution >= 4 is 28.6 Å². The zero-order valence-electron chi connectivity index (χ0n) is 15.9. The summed E-state index contributed by atoms with van der Waals surface area (Å²) in [7, 11) is 1.24. The van der Waals surface area contributed by atoms with E-state index in [9.17, 15) is 29.6 Å². The fourth-order valence-corrected chi connectivity index (χ4v) is 3.08. The Kier molecular flexibility index (Phi) is 4.93. The average Bonchev–Trinajstić information content (AvgIpc) is 2.94. The summed E-state index contributed by atoms with van der Waals surface area (Å²) in [6.45, 7) is 4.22. The topological polar surface area (TPSA) is 158 Å². The predicted octanol–water partition coefficient (Wildman–Crippen LogP) is 0.594. The van der Waals surface area contributed by atoms with Crippen molar-refractivity contribution in [1.82, 2.24) is 18.7 Å². The molecule has 3 aromatic rings. The highest BCUT2D eigenvalue weighted by Gasteiger charge is 2.21. The van der Waals surface area contributed by atoms with Gasteiger partial charge in [0.15, 0.2) is 0 Å². The number of nitro benzene ring substituents is 1. The maximum Gasteiger partial charge on any atom is 0.330 e. The number of nitrogens with zero attached hydrogens (tertiary/aromatic N) is 5. The molecule has 0 radical (unpaired) electrons. The van der Waals surface area contributed by atoms with Crippen molar-refractivity contribution in [3.63, 3.8) is 0 Å². The van der Waals surface area contributed by atoms with E-state index >= 15 is 0 Å². The van der Waals surface area contributed by atoms with Crippen LogP contribution in [0, 0.1) is 10.1 Å². The van der Waals surface area contributed by atoms with Gasteiger partial charge in [0.1, 0.15) is 11.3 Å². The zero-order chi connectivity index (χ0) is 21.5. The van der Waals surface area contributed by atoms with Crippen LogP contribution in [-0.2, 0) is 20.1 Å². The number of imidazole rings is 1. The molecule has 0 saturated carbocycles. The predicted molar refractivity (Wildman–Crippen MR) is 105 cm³/mol. The Morgan fingerprint density at radius 2 is 1.76 bits per heavy atom. The first kappa shape index (κ1) is 19.8. The summed E-state index contributed by atoms with van der Waals surface area (Å²) in [5.41, 5.74) is -1.96. The quantitative estimate of drug-likeness (QED) is 0.361. The van der Waals surface area contributed by atoms with E-state index in [1.54, 1.807) is 13.8 Å². The van der Waals surface area contributed by atoms with E-state index in [0.29, 0.717) is 24.1 Å². The molecule has 152 valence electrons. The number of aromatic hydroxyl groups is 1. The standard InChI is InChI=1S/C17H18N6O6/c1-4-21-12-6-10(11(23(28)29)7-13(12)22(5-2)17(21)27)18-8-9-14(24)19-16(26)20(3)15(9)25/h6-8,25H,4-5H2,1-3H3,(H,19,24,26). The molecule has 12 nitrogen and oxygen atoms in total. The van der Waals surface area contributed by atoms with Gasteiger partial charge in [-0.05, 0) is 19.9 Å².